The second kappa shape index (κ2) is 3.77. The van der Waals surface area contributed by atoms with E-state index in [1.54, 1.807) is 0 Å². The zero-order valence-electron chi connectivity index (χ0n) is 9.75. The van der Waals surface area contributed by atoms with Gasteiger partial charge < -0.3 is 14.1 Å². The normalized spacial score (nSPS) is 10.9. The Morgan fingerprint density at radius 2 is 2.06 bits per heavy atom. The van der Waals surface area contributed by atoms with E-state index in [2.05, 4.69) is 0 Å². The van der Waals surface area contributed by atoms with Crippen LogP contribution in [0.15, 0.2) is 47.1 Å². The molecule has 0 fully saturated rings. The van der Waals surface area contributed by atoms with Crippen LogP contribution in [0, 0.1) is 0 Å². The van der Waals surface area contributed by atoms with Crippen molar-refractivity contribution in [2.75, 3.05) is 0 Å². The summed E-state index contributed by atoms with van der Waals surface area (Å²) in [7, 11) is 1.89. The molecule has 0 unspecified atom stereocenters. The lowest BCUT2D eigenvalue weighted by molar-refractivity contribution is 0.0697. The van der Waals surface area contributed by atoms with Crippen LogP contribution in [0.25, 0.3) is 22.4 Å². The van der Waals surface area contributed by atoms with Gasteiger partial charge in [0.1, 0.15) is 5.56 Å². The molecule has 0 bridgehead atoms. The SMILES string of the molecule is Cn1c(-c2occc2C(=O)O)cc2ccccc21. The molecule has 3 aromatic rings. The highest BCUT2D eigenvalue weighted by Crippen LogP contribution is 2.30. The Kier molecular flexibility index (Phi) is 2.23. The van der Waals surface area contributed by atoms with E-state index >= 15 is 0 Å². The van der Waals surface area contributed by atoms with E-state index in [0.29, 0.717) is 5.76 Å². The highest BCUT2D eigenvalue weighted by molar-refractivity contribution is 5.96. The molecule has 4 heteroatoms. The van der Waals surface area contributed by atoms with Gasteiger partial charge in [0, 0.05) is 18.0 Å². The van der Waals surface area contributed by atoms with Gasteiger partial charge in [0.05, 0.1) is 12.0 Å². The molecule has 0 saturated carbocycles. The molecular weight excluding hydrogens is 230 g/mol. The Labute approximate surface area is 103 Å². The number of carbonyl (C=O) groups is 1. The summed E-state index contributed by atoms with van der Waals surface area (Å²) in [5.74, 6) is -0.592. The summed E-state index contributed by atoms with van der Waals surface area (Å²) in [5.41, 5.74) is 1.99. The largest absolute Gasteiger partial charge is 0.478 e. The number of carboxylic acid groups (broad SMARTS) is 1. The third-order valence-corrected chi connectivity index (χ3v) is 3.08. The van der Waals surface area contributed by atoms with Gasteiger partial charge in [-0.25, -0.2) is 4.79 Å². The first-order valence-corrected chi connectivity index (χ1v) is 5.54. The first-order valence-electron chi connectivity index (χ1n) is 5.54. The number of carboxylic acids is 1. The first-order chi connectivity index (χ1) is 8.68. The number of nitrogens with zero attached hydrogens (tertiary/aromatic N) is 1. The fourth-order valence-corrected chi connectivity index (χ4v) is 2.18. The molecule has 2 aromatic heterocycles. The summed E-state index contributed by atoms with van der Waals surface area (Å²) in [5, 5.41) is 10.2. The molecule has 0 radical (unpaired) electrons. The van der Waals surface area contributed by atoms with Crippen molar-refractivity contribution in [3.8, 4) is 11.5 Å². The van der Waals surface area contributed by atoms with Crippen molar-refractivity contribution in [3.05, 3.63) is 48.2 Å². The third kappa shape index (κ3) is 1.43. The minimum atomic E-state index is -0.982. The van der Waals surface area contributed by atoms with Crippen molar-refractivity contribution in [1.29, 1.82) is 0 Å². The number of aromatic nitrogens is 1. The Hall–Kier alpha value is -2.49. The van der Waals surface area contributed by atoms with E-state index in [1.807, 2.05) is 41.9 Å². The van der Waals surface area contributed by atoms with Crippen molar-refractivity contribution >= 4 is 16.9 Å². The monoisotopic (exact) mass is 241 g/mol. The van der Waals surface area contributed by atoms with Crippen LogP contribution in [0.1, 0.15) is 10.4 Å². The number of hydrogen-bond donors (Lipinski definition) is 1. The van der Waals surface area contributed by atoms with Crippen LogP contribution in [-0.4, -0.2) is 15.6 Å². The van der Waals surface area contributed by atoms with Gasteiger partial charge >= 0.3 is 5.97 Å². The van der Waals surface area contributed by atoms with Gasteiger partial charge in [-0.2, -0.15) is 0 Å². The van der Waals surface area contributed by atoms with Crippen LogP contribution >= 0.6 is 0 Å². The number of benzene rings is 1. The number of furan rings is 1. The van der Waals surface area contributed by atoms with Crippen LogP contribution in [0.5, 0.6) is 0 Å². The Balaban J connectivity index is 2.29. The standard InChI is InChI=1S/C14H11NO3/c1-15-11-5-3-2-4-9(11)8-12(15)13-10(14(16)17)6-7-18-13/h2-8H,1H3,(H,16,17). The number of fused-ring (bicyclic) bond motifs is 1. The van der Waals surface area contributed by atoms with Gasteiger partial charge in [-0.3, -0.25) is 0 Å². The maximum absolute atomic E-state index is 11.1. The molecular formula is C14H11NO3. The van der Waals surface area contributed by atoms with Crippen molar-refractivity contribution in [2.45, 2.75) is 0 Å². The fourth-order valence-electron chi connectivity index (χ4n) is 2.18. The smallest absolute Gasteiger partial charge is 0.339 e. The summed E-state index contributed by atoms with van der Waals surface area (Å²) in [4.78, 5) is 11.1. The van der Waals surface area contributed by atoms with Gasteiger partial charge in [0.15, 0.2) is 5.76 Å². The highest BCUT2D eigenvalue weighted by atomic mass is 16.4. The fraction of sp³-hybridized carbons (Fsp3) is 0.0714. The van der Waals surface area contributed by atoms with Gasteiger partial charge in [-0.1, -0.05) is 18.2 Å². The van der Waals surface area contributed by atoms with Crippen LogP contribution in [0.2, 0.25) is 0 Å². The Bertz CT molecular complexity index is 736. The maximum Gasteiger partial charge on any atom is 0.339 e. The molecule has 1 aromatic carbocycles. The summed E-state index contributed by atoms with van der Waals surface area (Å²) in [6.07, 6.45) is 1.40. The lowest BCUT2D eigenvalue weighted by Gasteiger charge is -2.02. The molecule has 0 saturated heterocycles. The van der Waals surface area contributed by atoms with Crippen molar-refractivity contribution in [2.24, 2.45) is 7.05 Å². The topological polar surface area (TPSA) is 55.4 Å². The van der Waals surface area contributed by atoms with Crippen LogP contribution in [0.3, 0.4) is 0 Å². The van der Waals surface area contributed by atoms with Gasteiger partial charge in [-0.05, 0) is 18.2 Å². The van der Waals surface area contributed by atoms with Crippen molar-refractivity contribution < 1.29 is 14.3 Å². The van der Waals surface area contributed by atoms with Gasteiger partial charge in [0.25, 0.3) is 0 Å². The average molecular weight is 241 g/mol. The Morgan fingerprint density at radius 1 is 1.28 bits per heavy atom. The van der Waals surface area contributed by atoms with Crippen LogP contribution < -0.4 is 0 Å². The zero-order chi connectivity index (χ0) is 12.7. The molecule has 0 spiro atoms. The molecule has 0 amide bonds. The Morgan fingerprint density at radius 3 is 2.78 bits per heavy atom. The number of aryl methyl sites for hydroxylation is 1. The number of para-hydroxylation sites is 1. The molecule has 4 nitrogen and oxygen atoms in total. The highest BCUT2D eigenvalue weighted by Gasteiger charge is 2.18. The quantitative estimate of drug-likeness (QED) is 0.749. The lowest BCUT2D eigenvalue weighted by atomic mass is 10.2. The molecule has 3 rings (SSSR count). The molecule has 90 valence electrons. The molecule has 0 aliphatic heterocycles. The summed E-state index contributed by atoms with van der Waals surface area (Å²) in [6.45, 7) is 0. The predicted octanol–water partition coefficient (Wildman–Crippen LogP) is 3.14. The number of hydrogen-bond acceptors (Lipinski definition) is 2. The molecule has 0 aliphatic carbocycles. The van der Waals surface area contributed by atoms with Crippen LogP contribution in [0.4, 0.5) is 0 Å². The van der Waals surface area contributed by atoms with E-state index in [4.69, 9.17) is 9.52 Å². The van der Waals surface area contributed by atoms with E-state index < -0.39 is 5.97 Å². The summed E-state index contributed by atoms with van der Waals surface area (Å²) < 4.78 is 7.25. The average Bonchev–Trinajstić information content (AvgIpc) is 2.94. The minimum absolute atomic E-state index is 0.181. The third-order valence-electron chi connectivity index (χ3n) is 3.08. The van der Waals surface area contributed by atoms with E-state index in [9.17, 15) is 4.79 Å². The van der Waals surface area contributed by atoms with E-state index in [-0.39, 0.29) is 5.56 Å². The first kappa shape index (κ1) is 10.7. The minimum Gasteiger partial charge on any atom is -0.478 e. The second-order valence-electron chi connectivity index (χ2n) is 4.12. The summed E-state index contributed by atoms with van der Waals surface area (Å²) in [6, 6.07) is 11.3. The molecule has 0 atom stereocenters. The zero-order valence-corrected chi connectivity index (χ0v) is 9.75. The molecule has 2 heterocycles. The van der Waals surface area contributed by atoms with Crippen LogP contribution in [-0.2, 0) is 7.05 Å². The van der Waals surface area contributed by atoms with Gasteiger partial charge in [-0.15, -0.1) is 0 Å². The molecule has 0 aliphatic rings. The maximum atomic E-state index is 11.1. The number of aromatic carboxylic acids is 1. The number of rotatable bonds is 2. The molecule has 18 heavy (non-hydrogen) atoms. The summed E-state index contributed by atoms with van der Waals surface area (Å²) >= 11 is 0. The molecule has 1 N–H and O–H groups in total. The predicted molar refractivity (Wildman–Crippen MR) is 67.6 cm³/mol. The van der Waals surface area contributed by atoms with E-state index in [1.165, 1.54) is 12.3 Å². The van der Waals surface area contributed by atoms with Crippen molar-refractivity contribution in [1.82, 2.24) is 4.57 Å². The van der Waals surface area contributed by atoms with E-state index in [0.717, 1.165) is 16.6 Å². The van der Waals surface area contributed by atoms with Crippen molar-refractivity contribution in [3.63, 3.8) is 0 Å². The van der Waals surface area contributed by atoms with Gasteiger partial charge in [0.2, 0.25) is 0 Å². The second-order valence-corrected chi connectivity index (χ2v) is 4.12. The lowest BCUT2D eigenvalue weighted by Crippen LogP contribution is -1.98.